The van der Waals surface area contributed by atoms with Gasteiger partial charge in [0.15, 0.2) is 5.13 Å². The summed E-state index contributed by atoms with van der Waals surface area (Å²) in [6.45, 7) is 0.598. The first-order chi connectivity index (χ1) is 12.1. The van der Waals surface area contributed by atoms with Gasteiger partial charge in [-0.25, -0.2) is 4.98 Å². The Balaban J connectivity index is 1.52. The summed E-state index contributed by atoms with van der Waals surface area (Å²) in [6.07, 6.45) is 1.50. The van der Waals surface area contributed by atoms with Gasteiger partial charge >= 0.3 is 0 Å². The standard InChI is InChI=1S/C17H14BrN3O2S2/c18-10-7-9-24-14(10)16(23)21-8-3-5-12(21)15(22)20-17-19-11-4-1-2-6-13(11)25-17/h1-2,4,6-7,9,12H,3,5,8H2,(H,19,20,22). The van der Waals surface area contributed by atoms with Crippen LogP contribution < -0.4 is 5.32 Å². The van der Waals surface area contributed by atoms with Gasteiger partial charge in [0.2, 0.25) is 5.91 Å². The van der Waals surface area contributed by atoms with E-state index < -0.39 is 6.04 Å². The van der Waals surface area contributed by atoms with Crippen molar-refractivity contribution in [3.05, 3.63) is 45.1 Å². The first kappa shape index (κ1) is 16.7. The van der Waals surface area contributed by atoms with Crippen molar-refractivity contribution in [1.82, 2.24) is 9.88 Å². The van der Waals surface area contributed by atoms with Crippen LogP contribution in [-0.2, 0) is 4.79 Å². The van der Waals surface area contributed by atoms with Gasteiger partial charge in [-0.15, -0.1) is 11.3 Å². The highest BCUT2D eigenvalue weighted by atomic mass is 79.9. The quantitative estimate of drug-likeness (QED) is 0.664. The predicted molar refractivity (Wildman–Crippen MR) is 104 cm³/mol. The SMILES string of the molecule is O=C(Nc1nc2ccccc2s1)C1CCCN1C(=O)c1sccc1Br. The molecule has 0 saturated carbocycles. The first-order valence-electron chi connectivity index (χ1n) is 7.84. The number of thiazole rings is 1. The van der Waals surface area contributed by atoms with E-state index in [4.69, 9.17) is 0 Å². The van der Waals surface area contributed by atoms with Gasteiger partial charge in [0.25, 0.3) is 5.91 Å². The second kappa shape index (κ2) is 6.86. The second-order valence-corrected chi connectivity index (χ2v) is 8.53. The van der Waals surface area contributed by atoms with Crippen molar-refractivity contribution in [3.8, 4) is 0 Å². The summed E-state index contributed by atoms with van der Waals surface area (Å²) in [4.78, 5) is 32.2. The van der Waals surface area contributed by atoms with Gasteiger partial charge in [-0.1, -0.05) is 23.5 Å². The molecule has 5 nitrogen and oxygen atoms in total. The first-order valence-corrected chi connectivity index (χ1v) is 10.3. The number of carbonyl (C=O) groups excluding carboxylic acids is 2. The Hall–Kier alpha value is -1.77. The van der Waals surface area contributed by atoms with Crippen molar-refractivity contribution in [3.63, 3.8) is 0 Å². The summed E-state index contributed by atoms with van der Waals surface area (Å²) >= 11 is 6.23. The van der Waals surface area contributed by atoms with Gasteiger partial charge in [-0.3, -0.25) is 9.59 Å². The smallest absolute Gasteiger partial charge is 0.265 e. The number of halogens is 1. The molecule has 3 aromatic rings. The van der Waals surface area contributed by atoms with E-state index >= 15 is 0 Å². The van der Waals surface area contributed by atoms with Crippen molar-refractivity contribution in [2.45, 2.75) is 18.9 Å². The number of rotatable bonds is 3. The summed E-state index contributed by atoms with van der Waals surface area (Å²) in [5.74, 6) is -0.263. The van der Waals surface area contributed by atoms with Crippen LogP contribution in [0, 0.1) is 0 Å². The fourth-order valence-corrected chi connectivity index (χ4v) is 5.34. The topological polar surface area (TPSA) is 62.3 Å². The largest absolute Gasteiger partial charge is 0.326 e. The maximum absolute atomic E-state index is 12.8. The summed E-state index contributed by atoms with van der Waals surface area (Å²) in [5, 5.41) is 5.32. The minimum absolute atomic E-state index is 0.0937. The van der Waals surface area contributed by atoms with E-state index in [1.807, 2.05) is 35.7 Å². The average molecular weight is 436 g/mol. The van der Waals surface area contributed by atoms with Crippen molar-refractivity contribution in [2.24, 2.45) is 0 Å². The molecule has 1 aliphatic rings. The molecule has 1 atom stereocenters. The number of carbonyl (C=O) groups is 2. The zero-order chi connectivity index (χ0) is 17.4. The van der Waals surface area contributed by atoms with E-state index in [1.165, 1.54) is 22.7 Å². The van der Waals surface area contributed by atoms with Crippen molar-refractivity contribution in [1.29, 1.82) is 0 Å². The number of nitrogens with one attached hydrogen (secondary N) is 1. The van der Waals surface area contributed by atoms with Crippen LogP contribution in [0.2, 0.25) is 0 Å². The van der Waals surface area contributed by atoms with Crippen LogP contribution in [-0.4, -0.2) is 34.3 Å². The van der Waals surface area contributed by atoms with Gasteiger partial charge in [0.05, 0.1) is 10.2 Å². The van der Waals surface area contributed by atoms with Crippen LogP contribution in [0.3, 0.4) is 0 Å². The normalized spacial score (nSPS) is 17.2. The Kier molecular flexibility index (Phi) is 4.58. The van der Waals surface area contributed by atoms with E-state index in [0.717, 1.165) is 21.1 Å². The molecular formula is C17H14BrN3O2S2. The van der Waals surface area contributed by atoms with Gasteiger partial charge in [-0.05, 0) is 52.4 Å². The van der Waals surface area contributed by atoms with Crippen LogP contribution >= 0.6 is 38.6 Å². The van der Waals surface area contributed by atoms with Crippen LogP contribution in [0.1, 0.15) is 22.5 Å². The van der Waals surface area contributed by atoms with Gasteiger partial charge in [0, 0.05) is 11.0 Å². The number of hydrogen-bond acceptors (Lipinski definition) is 5. The molecule has 2 aromatic heterocycles. The summed E-state index contributed by atoms with van der Waals surface area (Å²) < 4.78 is 1.81. The van der Waals surface area contributed by atoms with Crippen LogP contribution in [0.5, 0.6) is 0 Å². The van der Waals surface area contributed by atoms with Crippen molar-refractivity contribution < 1.29 is 9.59 Å². The number of thiophene rings is 1. The van der Waals surface area contributed by atoms with E-state index in [0.29, 0.717) is 23.0 Å². The highest BCUT2D eigenvalue weighted by Crippen LogP contribution is 2.30. The molecule has 0 radical (unpaired) electrons. The lowest BCUT2D eigenvalue weighted by Crippen LogP contribution is -2.43. The molecular weight excluding hydrogens is 422 g/mol. The molecule has 2 amide bonds. The molecule has 1 N–H and O–H groups in total. The number of hydrogen-bond donors (Lipinski definition) is 1. The minimum Gasteiger partial charge on any atom is -0.326 e. The Bertz CT molecular complexity index is 919. The molecule has 0 bridgehead atoms. The third-order valence-electron chi connectivity index (χ3n) is 4.15. The Labute approximate surface area is 160 Å². The molecule has 8 heteroatoms. The molecule has 1 aliphatic heterocycles. The predicted octanol–water partition coefficient (Wildman–Crippen LogP) is 4.36. The highest BCUT2D eigenvalue weighted by molar-refractivity contribution is 9.10. The zero-order valence-electron chi connectivity index (χ0n) is 13.1. The fourth-order valence-electron chi connectivity index (χ4n) is 2.97. The van der Waals surface area contributed by atoms with Crippen LogP contribution in [0.4, 0.5) is 5.13 Å². The third kappa shape index (κ3) is 3.21. The lowest BCUT2D eigenvalue weighted by atomic mass is 10.2. The summed E-state index contributed by atoms with van der Waals surface area (Å²) in [6, 6.07) is 9.16. The van der Waals surface area contributed by atoms with Crippen LogP contribution in [0.25, 0.3) is 10.2 Å². The molecule has 0 spiro atoms. The number of amides is 2. The molecule has 128 valence electrons. The summed E-state index contributed by atoms with van der Waals surface area (Å²) in [5.41, 5.74) is 0.865. The Morgan fingerprint density at radius 3 is 2.88 bits per heavy atom. The molecule has 1 unspecified atom stereocenters. The zero-order valence-corrected chi connectivity index (χ0v) is 16.3. The van der Waals surface area contributed by atoms with Gasteiger partial charge in [0.1, 0.15) is 10.9 Å². The average Bonchev–Trinajstić information content (AvgIpc) is 3.32. The number of likely N-dealkylation sites (tertiary alicyclic amines) is 1. The summed E-state index contributed by atoms with van der Waals surface area (Å²) in [7, 11) is 0. The van der Waals surface area contributed by atoms with E-state index in [-0.39, 0.29) is 11.8 Å². The highest BCUT2D eigenvalue weighted by Gasteiger charge is 2.35. The monoisotopic (exact) mass is 435 g/mol. The molecule has 1 aromatic carbocycles. The van der Waals surface area contributed by atoms with Crippen molar-refractivity contribution in [2.75, 3.05) is 11.9 Å². The third-order valence-corrected chi connectivity index (χ3v) is 6.93. The number of fused-ring (bicyclic) bond motifs is 1. The lowest BCUT2D eigenvalue weighted by Gasteiger charge is -2.23. The maximum atomic E-state index is 12.8. The molecule has 1 fully saturated rings. The van der Waals surface area contributed by atoms with E-state index in [1.54, 1.807) is 4.90 Å². The molecule has 3 heterocycles. The molecule has 1 saturated heterocycles. The van der Waals surface area contributed by atoms with Gasteiger partial charge in [-0.2, -0.15) is 0 Å². The Morgan fingerprint density at radius 1 is 1.28 bits per heavy atom. The van der Waals surface area contributed by atoms with E-state index in [9.17, 15) is 9.59 Å². The number of aromatic nitrogens is 1. The number of anilines is 1. The molecule has 0 aliphatic carbocycles. The molecule has 4 rings (SSSR count). The molecule has 25 heavy (non-hydrogen) atoms. The Morgan fingerprint density at radius 2 is 2.12 bits per heavy atom. The number of benzene rings is 1. The fraction of sp³-hybridized carbons (Fsp3) is 0.235. The van der Waals surface area contributed by atoms with E-state index in [2.05, 4.69) is 26.2 Å². The minimum atomic E-state index is -0.450. The number of nitrogens with zero attached hydrogens (tertiary/aromatic N) is 2. The van der Waals surface area contributed by atoms with Crippen molar-refractivity contribution >= 4 is 65.8 Å². The number of para-hydroxylation sites is 1. The van der Waals surface area contributed by atoms with Crippen LogP contribution in [0.15, 0.2) is 40.2 Å². The maximum Gasteiger partial charge on any atom is 0.265 e. The van der Waals surface area contributed by atoms with Gasteiger partial charge < -0.3 is 10.2 Å². The lowest BCUT2D eigenvalue weighted by molar-refractivity contribution is -0.119. The second-order valence-electron chi connectivity index (χ2n) is 5.73.